The first-order valence-electron chi connectivity index (χ1n) is 7.26. The van der Waals surface area contributed by atoms with Crippen LogP contribution in [-0.4, -0.2) is 21.8 Å². The van der Waals surface area contributed by atoms with Crippen LogP contribution in [0.5, 0.6) is 0 Å². The van der Waals surface area contributed by atoms with Crippen LogP contribution >= 0.6 is 23.2 Å². The molecule has 0 unspecified atom stereocenters. The molecular weight excluding hydrogens is 319 g/mol. The summed E-state index contributed by atoms with van der Waals surface area (Å²) in [5.74, 6) is 0.123. The highest BCUT2D eigenvalue weighted by Gasteiger charge is 2.32. The Morgan fingerprint density at radius 3 is 2.45 bits per heavy atom. The SMILES string of the molecule is O=C(Cc1ccc(Cl)c(Cl)c1)N(Cc1ccncc1)C1CC1. The molecule has 1 aromatic carbocycles. The lowest BCUT2D eigenvalue weighted by atomic mass is 10.1. The molecule has 2 aromatic rings. The molecular formula is C17H16Cl2N2O. The fourth-order valence-electron chi connectivity index (χ4n) is 2.42. The Hall–Kier alpha value is -1.58. The molecule has 1 aliphatic rings. The highest BCUT2D eigenvalue weighted by atomic mass is 35.5. The van der Waals surface area contributed by atoms with Gasteiger partial charge in [-0.1, -0.05) is 29.3 Å². The third-order valence-electron chi connectivity index (χ3n) is 3.75. The van der Waals surface area contributed by atoms with Gasteiger partial charge in [0.2, 0.25) is 5.91 Å². The van der Waals surface area contributed by atoms with Gasteiger partial charge in [-0.25, -0.2) is 0 Å². The fraction of sp³-hybridized carbons (Fsp3) is 0.294. The summed E-state index contributed by atoms with van der Waals surface area (Å²) in [4.78, 5) is 18.6. The van der Waals surface area contributed by atoms with Crippen LogP contribution in [-0.2, 0) is 17.8 Å². The van der Waals surface area contributed by atoms with Crippen molar-refractivity contribution in [3.63, 3.8) is 0 Å². The van der Waals surface area contributed by atoms with Gasteiger partial charge in [0.1, 0.15) is 0 Å². The van der Waals surface area contributed by atoms with E-state index >= 15 is 0 Å². The minimum Gasteiger partial charge on any atom is -0.335 e. The molecule has 1 heterocycles. The summed E-state index contributed by atoms with van der Waals surface area (Å²) < 4.78 is 0. The van der Waals surface area contributed by atoms with Crippen LogP contribution in [0.4, 0.5) is 0 Å². The van der Waals surface area contributed by atoms with Crippen molar-refractivity contribution in [2.45, 2.75) is 31.8 Å². The average molecular weight is 335 g/mol. The van der Waals surface area contributed by atoms with Crippen molar-refractivity contribution < 1.29 is 4.79 Å². The highest BCUT2D eigenvalue weighted by molar-refractivity contribution is 6.42. The van der Waals surface area contributed by atoms with Gasteiger partial charge in [-0.15, -0.1) is 0 Å². The predicted octanol–water partition coefficient (Wildman–Crippen LogP) is 4.12. The van der Waals surface area contributed by atoms with E-state index in [-0.39, 0.29) is 5.91 Å². The third kappa shape index (κ3) is 3.79. The number of pyridine rings is 1. The summed E-state index contributed by atoms with van der Waals surface area (Å²) in [7, 11) is 0. The largest absolute Gasteiger partial charge is 0.335 e. The Morgan fingerprint density at radius 2 is 1.82 bits per heavy atom. The van der Waals surface area contributed by atoms with E-state index in [0.29, 0.717) is 29.1 Å². The molecule has 5 heteroatoms. The Balaban J connectivity index is 1.71. The van der Waals surface area contributed by atoms with Crippen LogP contribution in [0.15, 0.2) is 42.7 Å². The Bertz CT molecular complexity index is 672. The minimum atomic E-state index is 0.123. The minimum absolute atomic E-state index is 0.123. The second-order valence-electron chi connectivity index (χ2n) is 5.53. The Labute approximate surface area is 139 Å². The number of halogens is 2. The number of hydrogen-bond acceptors (Lipinski definition) is 2. The van der Waals surface area contributed by atoms with Crippen LogP contribution in [0.25, 0.3) is 0 Å². The Morgan fingerprint density at radius 1 is 1.09 bits per heavy atom. The lowest BCUT2D eigenvalue weighted by molar-refractivity contribution is -0.131. The molecule has 1 fully saturated rings. The van der Waals surface area contributed by atoms with Crippen molar-refractivity contribution >= 4 is 29.1 Å². The van der Waals surface area contributed by atoms with Crippen molar-refractivity contribution in [2.24, 2.45) is 0 Å². The van der Waals surface area contributed by atoms with Crippen molar-refractivity contribution in [1.29, 1.82) is 0 Å². The third-order valence-corrected chi connectivity index (χ3v) is 4.49. The number of aromatic nitrogens is 1. The summed E-state index contributed by atoms with van der Waals surface area (Å²) in [6.45, 7) is 0.632. The lowest BCUT2D eigenvalue weighted by Gasteiger charge is -2.22. The monoisotopic (exact) mass is 334 g/mol. The number of rotatable bonds is 5. The second-order valence-corrected chi connectivity index (χ2v) is 6.35. The molecule has 114 valence electrons. The number of carbonyl (C=O) groups excluding carboxylic acids is 1. The maximum Gasteiger partial charge on any atom is 0.227 e. The molecule has 0 bridgehead atoms. The summed E-state index contributed by atoms with van der Waals surface area (Å²) in [5, 5.41) is 0.993. The number of carbonyl (C=O) groups is 1. The smallest absolute Gasteiger partial charge is 0.227 e. The normalized spacial score (nSPS) is 13.9. The zero-order chi connectivity index (χ0) is 15.5. The van der Waals surface area contributed by atoms with Crippen LogP contribution < -0.4 is 0 Å². The van der Waals surface area contributed by atoms with Crippen LogP contribution in [0.2, 0.25) is 10.0 Å². The summed E-state index contributed by atoms with van der Waals surface area (Å²) in [6.07, 6.45) is 6.02. The number of benzene rings is 1. The van der Waals surface area contributed by atoms with Gasteiger partial charge in [-0.3, -0.25) is 9.78 Å². The van der Waals surface area contributed by atoms with Crippen molar-refractivity contribution in [1.82, 2.24) is 9.88 Å². The quantitative estimate of drug-likeness (QED) is 0.823. The molecule has 0 spiro atoms. The molecule has 1 saturated carbocycles. The van der Waals surface area contributed by atoms with Crippen LogP contribution in [0.3, 0.4) is 0 Å². The molecule has 22 heavy (non-hydrogen) atoms. The first kappa shape index (κ1) is 15.3. The van der Waals surface area contributed by atoms with Crippen LogP contribution in [0, 0.1) is 0 Å². The van der Waals surface area contributed by atoms with E-state index < -0.39 is 0 Å². The Kier molecular flexibility index (Phi) is 4.65. The molecule has 0 atom stereocenters. The van der Waals surface area contributed by atoms with E-state index in [2.05, 4.69) is 4.98 Å². The molecule has 0 N–H and O–H groups in total. The van der Waals surface area contributed by atoms with Gasteiger partial charge >= 0.3 is 0 Å². The van der Waals surface area contributed by atoms with Gasteiger partial charge in [0, 0.05) is 25.0 Å². The van der Waals surface area contributed by atoms with E-state index in [1.165, 1.54) is 0 Å². The fourth-order valence-corrected chi connectivity index (χ4v) is 2.74. The van der Waals surface area contributed by atoms with Gasteiger partial charge in [0.15, 0.2) is 0 Å². The van der Waals surface area contributed by atoms with E-state index in [1.807, 2.05) is 23.1 Å². The topological polar surface area (TPSA) is 33.2 Å². The molecule has 1 aliphatic carbocycles. The summed E-state index contributed by atoms with van der Waals surface area (Å²) >= 11 is 11.9. The number of hydrogen-bond donors (Lipinski definition) is 0. The first-order valence-corrected chi connectivity index (χ1v) is 8.01. The van der Waals surface area contributed by atoms with E-state index in [4.69, 9.17) is 23.2 Å². The van der Waals surface area contributed by atoms with Crippen molar-refractivity contribution in [3.8, 4) is 0 Å². The molecule has 1 aromatic heterocycles. The first-order chi connectivity index (χ1) is 10.6. The lowest BCUT2D eigenvalue weighted by Crippen LogP contribution is -2.33. The molecule has 1 amide bonds. The standard InChI is InChI=1S/C17H16Cl2N2O/c18-15-4-1-13(9-16(15)19)10-17(22)21(14-2-3-14)11-12-5-7-20-8-6-12/h1,4-9,14H,2-3,10-11H2. The van der Waals surface area contributed by atoms with Gasteiger partial charge in [-0.05, 0) is 48.2 Å². The summed E-state index contributed by atoms with van der Waals surface area (Å²) in [5.41, 5.74) is 1.99. The highest BCUT2D eigenvalue weighted by Crippen LogP contribution is 2.29. The molecule has 3 rings (SSSR count). The number of nitrogens with zero attached hydrogens (tertiary/aromatic N) is 2. The second kappa shape index (κ2) is 6.67. The predicted molar refractivity (Wildman–Crippen MR) is 88.0 cm³/mol. The van der Waals surface area contributed by atoms with E-state index in [1.54, 1.807) is 24.5 Å². The molecule has 0 saturated heterocycles. The maximum absolute atomic E-state index is 12.6. The van der Waals surface area contributed by atoms with Gasteiger partial charge in [0.05, 0.1) is 16.5 Å². The van der Waals surface area contributed by atoms with Crippen LogP contribution in [0.1, 0.15) is 24.0 Å². The van der Waals surface area contributed by atoms with Gasteiger partial charge in [-0.2, -0.15) is 0 Å². The molecule has 0 radical (unpaired) electrons. The molecule has 0 aliphatic heterocycles. The zero-order valence-corrected chi connectivity index (χ0v) is 13.5. The molecule has 3 nitrogen and oxygen atoms in total. The maximum atomic E-state index is 12.6. The van der Waals surface area contributed by atoms with Gasteiger partial charge in [0.25, 0.3) is 0 Å². The van der Waals surface area contributed by atoms with Gasteiger partial charge < -0.3 is 4.90 Å². The van der Waals surface area contributed by atoms with E-state index in [9.17, 15) is 4.79 Å². The van der Waals surface area contributed by atoms with Crippen molar-refractivity contribution in [2.75, 3.05) is 0 Å². The average Bonchev–Trinajstić information content (AvgIpc) is 3.34. The zero-order valence-electron chi connectivity index (χ0n) is 12.0. The summed E-state index contributed by atoms with van der Waals surface area (Å²) in [6, 6.07) is 9.60. The van der Waals surface area contributed by atoms with Crippen molar-refractivity contribution in [3.05, 3.63) is 63.9 Å². The number of amides is 1. The van der Waals surface area contributed by atoms with E-state index in [0.717, 1.165) is 24.0 Å².